The molecule has 6 aromatic rings. The fraction of sp³-hybridized carbons (Fsp3) is 0.224. The van der Waals surface area contributed by atoms with Gasteiger partial charge in [0.15, 0.2) is 5.69 Å². The second kappa shape index (κ2) is 22.3. The highest BCUT2D eigenvalue weighted by atomic mass is 16.5. The highest BCUT2D eigenvalue weighted by Gasteiger charge is 2.11. The Balaban J connectivity index is 0.959. The van der Waals surface area contributed by atoms with Crippen LogP contribution in [0.1, 0.15) is 56.8 Å². The third-order valence-corrected chi connectivity index (χ3v) is 9.76. The summed E-state index contributed by atoms with van der Waals surface area (Å²) in [5.41, 5.74) is 12.2. The van der Waals surface area contributed by atoms with E-state index < -0.39 is 5.97 Å². The third-order valence-electron chi connectivity index (χ3n) is 9.76. The van der Waals surface area contributed by atoms with Gasteiger partial charge in [0.1, 0.15) is 11.5 Å². The molecule has 0 bridgehead atoms. The van der Waals surface area contributed by atoms with Crippen molar-refractivity contribution in [2.24, 2.45) is 20.5 Å². The number of fused-ring (bicyclic) bond motifs is 1. The Hall–Kier alpha value is -7.18. The lowest BCUT2D eigenvalue weighted by atomic mass is 10.1. The molecule has 12 nitrogen and oxygen atoms in total. The molecule has 0 aliphatic carbocycles. The summed E-state index contributed by atoms with van der Waals surface area (Å²) < 4.78 is 16.5. The number of benzene rings is 6. The summed E-state index contributed by atoms with van der Waals surface area (Å²) >= 11 is 0. The number of ether oxygens (including phenoxy) is 3. The molecule has 3 N–H and O–H groups in total. The lowest BCUT2D eigenvalue weighted by Crippen LogP contribution is -2.82. The molecule has 0 saturated heterocycles. The van der Waals surface area contributed by atoms with Gasteiger partial charge >= 0.3 is 11.9 Å². The molecule has 0 aromatic heterocycles. The Morgan fingerprint density at radius 1 is 0.639 bits per heavy atom. The number of carbonyl (C=O) groups is 2. The minimum absolute atomic E-state index is 0.350. The molecule has 0 radical (unpaired) electrons. The number of hydrogen-bond acceptors (Lipinski definition) is 11. The number of nitrogen functional groups attached to an aromatic ring is 1. The summed E-state index contributed by atoms with van der Waals surface area (Å²) in [6, 6.07) is 41.7. The molecule has 0 amide bonds. The lowest BCUT2D eigenvalue weighted by Gasteiger charge is -2.20. The molecule has 0 aliphatic rings. The molecule has 0 heterocycles. The van der Waals surface area contributed by atoms with Gasteiger partial charge in [0.2, 0.25) is 0 Å². The number of unbranched alkanes of at least 4 members (excludes halogenated alkanes) is 3. The van der Waals surface area contributed by atoms with E-state index >= 15 is 0 Å². The predicted molar refractivity (Wildman–Crippen MR) is 242 cm³/mol. The largest absolute Gasteiger partial charge is 0.494 e. The van der Waals surface area contributed by atoms with Crippen LogP contribution in [-0.2, 0) is 9.53 Å². The summed E-state index contributed by atoms with van der Waals surface area (Å²) in [5, 5.41) is 19.8. The Morgan fingerprint density at radius 3 is 1.85 bits per heavy atom. The first-order valence-corrected chi connectivity index (χ1v) is 20.6. The second-order valence-corrected chi connectivity index (χ2v) is 14.2. The van der Waals surface area contributed by atoms with Crippen molar-refractivity contribution in [1.82, 2.24) is 0 Å². The molecule has 0 unspecified atom stereocenters. The van der Waals surface area contributed by atoms with Crippen molar-refractivity contribution in [3.63, 3.8) is 0 Å². The number of carbonyl (C=O) groups excluding carboxylic acids is 2. The smallest absolute Gasteiger partial charge is 0.343 e. The van der Waals surface area contributed by atoms with Gasteiger partial charge in [-0.15, -0.1) is 5.11 Å². The first-order valence-electron chi connectivity index (χ1n) is 20.6. The molecule has 12 heteroatoms. The minimum atomic E-state index is -0.474. The van der Waals surface area contributed by atoms with E-state index in [0.717, 1.165) is 78.0 Å². The quantitative estimate of drug-likeness (QED) is 0.0108. The van der Waals surface area contributed by atoms with Gasteiger partial charge in [0.25, 0.3) is 0 Å². The van der Waals surface area contributed by atoms with E-state index in [2.05, 4.69) is 69.4 Å². The van der Waals surface area contributed by atoms with Crippen LogP contribution < -0.4 is 25.2 Å². The Morgan fingerprint density at radius 2 is 1.21 bits per heavy atom. The maximum atomic E-state index is 12.8. The fourth-order valence-electron chi connectivity index (χ4n) is 6.32. The molecule has 61 heavy (non-hydrogen) atoms. The minimum Gasteiger partial charge on any atom is -0.494 e. The average Bonchev–Trinajstić information content (AvgIpc) is 3.29. The third kappa shape index (κ3) is 12.9. The highest BCUT2D eigenvalue weighted by molar-refractivity contribution is 5.98. The first kappa shape index (κ1) is 43.4. The molecular weight excluding hydrogens is 767 g/mol. The van der Waals surface area contributed by atoms with Crippen molar-refractivity contribution in [3.8, 4) is 11.5 Å². The zero-order chi connectivity index (χ0) is 42.8. The zero-order valence-corrected chi connectivity index (χ0v) is 34.9. The number of esters is 2. The van der Waals surface area contributed by atoms with Crippen LogP contribution in [0.3, 0.4) is 0 Å². The summed E-state index contributed by atoms with van der Waals surface area (Å²) in [6.45, 7) is 12.4. The maximum absolute atomic E-state index is 12.8. The van der Waals surface area contributed by atoms with Crippen molar-refractivity contribution >= 4 is 62.5 Å². The number of nitrogens with two attached hydrogens (primary N) is 1. The van der Waals surface area contributed by atoms with Gasteiger partial charge in [-0.05, 0) is 156 Å². The van der Waals surface area contributed by atoms with Crippen molar-refractivity contribution in [2.75, 3.05) is 36.6 Å². The van der Waals surface area contributed by atoms with E-state index in [-0.39, 0.29) is 5.97 Å². The lowest BCUT2D eigenvalue weighted by molar-refractivity contribution is -0.536. The van der Waals surface area contributed by atoms with Gasteiger partial charge in [-0.3, -0.25) is 0 Å². The number of nitrogens with zero attached hydrogens (tertiary/aromatic N) is 5. The van der Waals surface area contributed by atoms with E-state index in [4.69, 9.17) is 14.2 Å². The standard InChI is InChI=1S/C49H51N7O5/c1-5-56(6-2)41-25-21-39(22-26-41)51-50-37-17-19-38(20-18-37)52-54-46-31-32-47(45-14-10-9-13-44(45)46)55-53-40-23-29-43(30-24-40)61-49(58)36-15-27-42(28-16-36)59-33-11-7-8-12-34-60-48(57)35(3)4/h9-10,13-32,52,54H,3,5-8,11-12,33-34H2,1-2,4H3/p+1. The van der Waals surface area contributed by atoms with Gasteiger partial charge in [0.05, 0.1) is 47.2 Å². The van der Waals surface area contributed by atoms with Crippen LogP contribution in [0.15, 0.2) is 166 Å². The molecule has 6 rings (SSSR count). The van der Waals surface area contributed by atoms with Gasteiger partial charge < -0.3 is 19.1 Å². The van der Waals surface area contributed by atoms with Gasteiger partial charge in [-0.25, -0.2) is 20.4 Å². The van der Waals surface area contributed by atoms with Crippen LogP contribution in [0.25, 0.3) is 10.8 Å². The number of nitrogens with one attached hydrogen (secondary N) is 1. The molecule has 6 aromatic carbocycles. The van der Waals surface area contributed by atoms with Crippen LogP contribution in [0.2, 0.25) is 0 Å². The van der Waals surface area contributed by atoms with Crippen LogP contribution >= 0.6 is 0 Å². The molecular formula is C49H52N7O5+. The molecule has 0 spiro atoms. The van der Waals surface area contributed by atoms with Gasteiger partial charge in [0, 0.05) is 41.2 Å². The molecule has 0 atom stereocenters. The first-order chi connectivity index (χ1) is 29.8. The Labute approximate surface area is 357 Å². The van der Waals surface area contributed by atoms with E-state index in [9.17, 15) is 9.59 Å². The van der Waals surface area contributed by atoms with Crippen molar-refractivity contribution in [1.29, 1.82) is 0 Å². The fourth-order valence-corrected chi connectivity index (χ4v) is 6.32. The molecule has 312 valence electrons. The SMILES string of the molecule is C=C(C)C(=O)OCCCCCCOc1ccc(C(=O)Oc2ccc(N=Nc3ccc([NH2+]Nc4ccc(N=Nc5ccc(N(CC)CC)cc5)cc4)c4ccccc34)cc2)cc1. The van der Waals surface area contributed by atoms with E-state index in [1.54, 1.807) is 55.5 Å². The Kier molecular flexibility index (Phi) is 15.8. The normalized spacial score (nSPS) is 11.2. The average molecular weight is 819 g/mol. The number of rotatable bonds is 21. The molecule has 0 fully saturated rings. The number of hydrogen-bond donors (Lipinski definition) is 2. The van der Waals surface area contributed by atoms with E-state index in [1.807, 2.05) is 72.2 Å². The van der Waals surface area contributed by atoms with Crippen LogP contribution in [0.4, 0.5) is 39.8 Å². The zero-order valence-electron chi connectivity index (χ0n) is 34.9. The number of quaternary nitrogens is 1. The monoisotopic (exact) mass is 818 g/mol. The van der Waals surface area contributed by atoms with Crippen molar-refractivity contribution in [2.45, 2.75) is 46.5 Å². The van der Waals surface area contributed by atoms with E-state index in [1.165, 1.54) is 5.69 Å². The summed E-state index contributed by atoms with van der Waals surface area (Å²) in [5.74, 6) is 0.247. The summed E-state index contributed by atoms with van der Waals surface area (Å²) in [6.07, 6.45) is 3.56. The van der Waals surface area contributed by atoms with Gasteiger partial charge in [-0.2, -0.15) is 15.3 Å². The highest BCUT2D eigenvalue weighted by Crippen LogP contribution is 2.32. The second-order valence-electron chi connectivity index (χ2n) is 14.2. The predicted octanol–water partition coefficient (Wildman–Crippen LogP) is 12.0. The van der Waals surface area contributed by atoms with Crippen molar-refractivity contribution in [3.05, 3.63) is 151 Å². The summed E-state index contributed by atoms with van der Waals surface area (Å²) in [7, 11) is 0. The number of azo groups is 2. The van der Waals surface area contributed by atoms with Crippen LogP contribution in [-0.4, -0.2) is 38.2 Å². The Bertz CT molecular complexity index is 2430. The van der Waals surface area contributed by atoms with Crippen LogP contribution in [0.5, 0.6) is 11.5 Å². The molecule has 0 aliphatic heterocycles. The topological polar surface area (TPSA) is 143 Å². The molecule has 0 saturated carbocycles. The summed E-state index contributed by atoms with van der Waals surface area (Å²) in [4.78, 5) is 26.5. The van der Waals surface area contributed by atoms with Crippen LogP contribution in [0, 0.1) is 0 Å². The maximum Gasteiger partial charge on any atom is 0.343 e. The van der Waals surface area contributed by atoms with E-state index in [0.29, 0.717) is 41.5 Å². The van der Waals surface area contributed by atoms with Crippen molar-refractivity contribution < 1.29 is 29.2 Å². The number of anilines is 2. The van der Waals surface area contributed by atoms with Gasteiger partial charge in [-0.1, -0.05) is 24.8 Å².